The van der Waals surface area contributed by atoms with E-state index < -0.39 is 23.2 Å². The highest BCUT2D eigenvalue weighted by Gasteiger charge is 2.29. The van der Waals surface area contributed by atoms with Crippen LogP contribution in [0.3, 0.4) is 0 Å². The maximum Gasteiger partial charge on any atom is 0.330 e. The summed E-state index contributed by atoms with van der Waals surface area (Å²) in [5.41, 5.74) is 3.21. The van der Waals surface area contributed by atoms with E-state index in [2.05, 4.69) is 43.2 Å². The molecule has 0 radical (unpaired) electrons. The van der Waals surface area contributed by atoms with E-state index in [1.807, 2.05) is 27.7 Å². The first-order chi connectivity index (χ1) is 16.2. The Hall–Kier alpha value is -1.34. The van der Waals surface area contributed by atoms with E-state index in [1.165, 1.54) is 18.1 Å². The standard InChI is InChI=1S/C15H23N3O4P2.2C4H10O/c1-12(2)6-5-7-13(3)8-9-18-11-14(16-17-18)10-15(4,21-23-19)22-24-20;2*1-3-5-4-2/h6,8,11H,5,7,9-10H2,1-4H3;2*3-4H2,1-2H3/b13-8+;;. The summed E-state index contributed by atoms with van der Waals surface area (Å²) in [5.74, 6) is -1.29. The van der Waals surface area contributed by atoms with Crippen LogP contribution >= 0.6 is 17.4 Å². The Kier molecular flexibility index (Phi) is 24.0. The number of hydrogen-bond acceptors (Lipinski definition) is 8. The van der Waals surface area contributed by atoms with E-state index in [9.17, 15) is 9.13 Å². The Morgan fingerprint density at radius 3 is 1.91 bits per heavy atom. The molecule has 0 unspecified atom stereocenters. The molecule has 1 aromatic rings. The second kappa shape index (κ2) is 23.4. The van der Waals surface area contributed by atoms with Gasteiger partial charge in [-0.25, -0.2) is 13.8 Å². The molecule has 1 heterocycles. The van der Waals surface area contributed by atoms with Crippen LogP contribution in [0.5, 0.6) is 0 Å². The minimum atomic E-state index is -1.29. The lowest BCUT2D eigenvalue weighted by Gasteiger charge is -2.20. The van der Waals surface area contributed by atoms with Crippen molar-refractivity contribution in [2.75, 3.05) is 26.4 Å². The van der Waals surface area contributed by atoms with Crippen LogP contribution in [0.1, 0.15) is 73.9 Å². The highest BCUT2D eigenvalue weighted by molar-refractivity contribution is 7.18. The van der Waals surface area contributed by atoms with Crippen molar-refractivity contribution in [3.63, 3.8) is 0 Å². The average molecular weight is 520 g/mol. The highest BCUT2D eigenvalue weighted by Crippen LogP contribution is 2.26. The highest BCUT2D eigenvalue weighted by atomic mass is 31.1. The molecule has 0 N–H and O–H groups in total. The Bertz CT molecular complexity index is 687. The molecule has 0 spiro atoms. The summed E-state index contributed by atoms with van der Waals surface area (Å²) < 4.78 is 42.5. The van der Waals surface area contributed by atoms with E-state index in [4.69, 9.17) is 18.5 Å². The van der Waals surface area contributed by atoms with Gasteiger partial charge in [0.1, 0.15) is 0 Å². The molecular formula is C23H43N3O6P2. The third-order valence-corrected chi connectivity index (χ3v) is 5.01. The third kappa shape index (κ3) is 21.2. The molecule has 0 aliphatic heterocycles. The van der Waals surface area contributed by atoms with Crippen molar-refractivity contribution in [1.82, 2.24) is 15.0 Å². The molecule has 1 rings (SSSR count). The second-order valence-corrected chi connectivity index (χ2v) is 8.17. The van der Waals surface area contributed by atoms with E-state index >= 15 is 0 Å². The molecule has 0 fully saturated rings. The van der Waals surface area contributed by atoms with Crippen molar-refractivity contribution in [2.24, 2.45) is 0 Å². The van der Waals surface area contributed by atoms with Crippen molar-refractivity contribution < 1.29 is 27.7 Å². The minimum absolute atomic E-state index is 0.181. The molecule has 0 bridgehead atoms. The van der Waals surface area contributed by atoms with Crippen LogP contribution in [0.15, 0.2) is 29.5 Å². The molecule has 34 heavy (non-hydrogen) atoms. The quantitative estimate of drug-likeness (QED) is 0.142. The molecule has 0 aliphatic carbocycles. The summed E-state index contributed by atoms with van der Waals surface area (Å²) >= 11 is 0. The van der Waals surface area contributed by atoms with Gasteiger partial charge < -0.3 is 9.47 Å². The predicted molar refractivity (Wildman–Crippen MR) is 136 cm³/mol. The van der Waals surface area contributed by atoms with Gasteiger partial charge in [0.25, 0.3) is 0 Å². The summed E-state index contributed by atoms with van der Waals surface area (Å²) in [6.07, 6.45) is 8.31. The maximum absolute atomic E-state index is 10.6. The number of aromatic nitrogens is 3. The Morgan fingerprint density at radius 2 is 1.50 bits per heavy atom. The zero-order valence-electron chi connectivity index (χ0n) is 22.1. The van der Waals surface area contributed by atoms with E-state index in [0.717, 1.165) is 39.3 Å². The molecule has 9 nitrogen and oxygen atoms in total. The van der Waals surface area contributed by atoms with Crippen molar-refractivity contribution in [1.29, 1.82) is 0 Å². The summed E-state index contributed by atoms with van der Waals surface area (Å²) in [6, 6.07) is 0. The van der Waals surface area contributed by atoms with Crippen molar-refractivity contribution in [3.8, 4) is 0 Å². The van der Waals surface area contributed by atoms with Crippen LogP contribution in [-0.4, -0.2) is 47.2 Å². The molecule has 0 atom stereocenters. The zero-order chi connectivity index (χ0) is 26.2. The maximum atomic E-state index is 10.6. The van der Waals surface area contributed by atoms with Gasteiger partial charge >= 0.3 is 17.4 Å². The van der Waals surface area contributed by atoms with Gasteiger partial charge in [-0.2, -0.15) is 0 Å². The van der Waals surface area contributed by atoms with Crippen LogP contribution in [0.25, 0.3) is 0 Å². The zero-order valence-corrected chi connectivity index (χ0v) is 23.9. The summed E-state index contributed by atoms with van der Waals surface area (Å²) in [6.45, 7) is 19.8. The summed E-state index contributed by atoms with van der Waals surface area (Å²) in [4.78, 5) is 0. The lowest BCUT2D eigenvalue weighted by molar-refractivity contribution is -0.0805. The Balaban J connectivity index is 0. The molecule has 0 saturated heterocycles. The topological polar surface area (TPSA) is 102 Å². The number of hydrogen-bond donors (Lipinski definition) is 0. The number of allylic oxidation sites excluding steroid dienone is 4. The molecule has 196 valence electrons. The molecule has 0 saturated carbocycles. The molecule has 0 aromatic carbocycles. The molecule has 0 aliphatic rings. The normalized spacial score (nSPS) is 12.9. The van der Waals surface area contributed by atoms with Crippen molar-refractivity contribution >= 4 is 17.4 Å². The SMILES string of the molecule is CC(C)=CCC/C(C)=C/Cn1cc(CC(C)(OP=O)OP=O)nn1.CCOCC.CCOCC. The van der Waals surface area contributed by atoms with Crippen LogP contribution in [-0.2, 0) is 40.6 Å². The summed E-state index contributed by atoms with van der Waals surface area (Å²) in [5, 5.41) is 8.07. The smallest absolute Gasteiger partial charge is 0.330 e. The van der Waals surface area contributed by atoms with Gasteiger partial charge in [0.05, 0.1) is 12.2 Å². The van der Waals surface area contributed by atoms with Crippen LogP contribution in [0.4, 0.5) is 0 Å². The van der Waals surface area contributed by atoms with E-state index in [-0.39, 0.29) is 6.42 Å². The van der Waals surface area contributed by atoms with Gasteiger partial charge in [-0.05, 0) is 68.2 Å². The molecule has 11 heteroatoms. The van der Waals surface area contributed by atoms with E-state index in [1.54, 1.807) is 10.9 Å². The number of ether oxygens (including phenoxy) is 2. The fraction of sp³-hybridized carbons (Fsp3) is 0.739. The number of nitrogens with zero attached hydrogens (tertiary/aromatic N) is 3. The van der Waals surface area contributed by atoms with Crippen LogP contribution in [0, 0.1) is 0 Å². The Morgan fingerprint density at radius 1 is 0.971 bits per heavy atom. The van der Waals surface area contributed by atoms with Crippen LogP contribution in [0.2, 0.25) is 0 Å². The van der Waals surface area contributed by atoms with Gasteiger partial charge in [0.2, 0.25) is 0 Å². The lowest BCUT2D eigenvalue weighted by Crippen LogP contribution is -2.29. The molecular weight excluding hydrogens is 476 g/mol. The molecule has 1 aromatic heterocycles. The van der Waals surface area contributed by atoms with Gasteiger partial charge in [0, 0.05) is 39.0 Å². The minimum Gasteiger partial charge on any atom is -0.382 e. The molecule has 0 amide bonds. The monoisotopic (exact) mass is 519 g/mol. The van der Waals surface area contributed by atoms with Gasteiger partial charge in [-0.1, -0.05) is 28.5 Å². The third-order valence-electron chi connectivity index (χ3n) is 4.08. The first-order valence-electron chi connectivity index (χ1n) is 11.6. The van der Waals surface area contributed by atoms with Crippen molar-refractivity contribution in [3.05, 3.63) is 35.2 Å². The summed E-state index contributed by atoms with van der Waals surface area (Å²) in [7, 11) is -1.10. The largest absolute Gasteiger partial charge is 0.382 e. The fourth-order valence-corrected chi connectivity index (χ4v) is 3.00. The number of rotatable bonds is 15. The second-order valence-electron chi connectivity index (χ2n) is 7.51. The average Bonchev–Trinajstić information content (AvgIpc) is 3.21. The van der Waals surface area contributed by atoms with Crippen LogP contribution < -0.4 is 0 Å². The van der Waals surface area contributed by atoms with Gasteiger partial charge in [-0.15, -0.1) is 5.10 Å². The fourth-order valence-electron chi connectivity index (χ4n) is 2.42. The first kappa shape index (κ1) is 34.8. The first-order valence-corrected chi connectivity index (χ1v) is 13.0. The lowest BCUT2D eigenvalue weighted by atomic mass is 10.1. The van der Waals surface area contributed by atoms with E-state index in [0.29, 0.717) is 12.2 Å². The van der Waals surface area contributed by atoms with Crippen molar-refractivity contribution in [2.45, 2.75) is 87.0 Å². The Labute approximate surface area is 208 Å². The predicted octanol–water partition coefficient (Wildman–Crippen LogP) is 6.76. The van der Waals surface area contributed by atoms with Gasteiger partial charge in [-0.3, -0.25) is 9.05 Å². The van der Waals surface area contributed by atoms with Gasteiger partial charge in [0.15, 0.2) is 5.79 Å².